The maximum Gasteiger partial charge on any atom is 0.233 e. The molecule has 2 aromatic heterocycles. The number of benzene rings is 1. The predicted octanol–water partition coefficient (Wildman–Crippen LogP) is 3.53. The Labute approximate surface area is 156 Å². The van der Waals surface area contributed by atoms with Crippen molar-refractivity contribution < 1.29 is 9.21 Å². The highest BCUT2D eigenvalue weighted by molar-refractivity contribution is 8.00. The Morgan fingerprint density at radius 1 is 1.31 bits per heavy atom. The van der Waals surface area contributed by atoms with Crippen LogP contribution < -0.4 is 5.32 Å². The minimum atomic E-state index is -0.288. The highest BCUT2D eigenvalue weighted by Crippen LogP contribution is 2.39. The summed E-state index contributed by atoms with van der Waals surface area (Å²) in [4.78, 5) is 17.1. The highest BCUT2D eigenvalue weighted by atomic mass is 32.2. The lowest BCUT2D eigenvalue weighted by atomic mass is 10.3. The van der Waals surface area contributed by atoms with Gasteiger partial charge in [-0.1, -0.05) is 30.0 Å². The molecule has 3 aromatic rings. The van der Waals surface area contributed by atoms with Gasteiger partial charge in [0.05, 0.1) is 23.7 Å². The van der Waals surface area contributed by atoms with Crippen LogP contribution in [0.5, 0.6) is 0 Å². The minimum Gasteiger partial charge on any atom is -0.467 e. The van der Waals surface area contributed by atoms with Gasteiger partial charge < -0.3 is 9.73 Å². The molecular formula is C19H20N4O2S. The molecule has 0 bridgehead atoms. The number of thioether (sulfide) groups is 1. The van der Waals surface area contributed by atoms with Gasteiger partial charge in [0, 0.05) is 5.92 Å². The molecule has 134 valence electrons. The monoisotopic (exact) mass is 368 g/mol. The molecule has 6 nitrogen and oxygen atoms in total. The second kappa shape index (κ2) is 7.37. The van der Waals surface area contributed by atoms with Crippen LogP contribution in [-0.4, -0.2) is 25.9 Å². The van der Waals surface area contributed by atoms with Crippen LogP contribution in [0.1, 0.15) is 37.3 Å². The van der Waals surface area contributed by atoms with Crippen LogP contribution in [0.3, 0.4) is 0 Å². The average molecular weight is 368 g/mol. The van der Waals surface area contributed by atoms with Gasteiger partial charge >= 0.3 is 0 Å². The molecule has 26 heavy (non-hydrogen) atoms. The fourth-order valence-corrected chi connectivity index (χ4v) is 3.48. The number of aromatic nitrogens is 3. The fourth-order valence-electron chi connectivity index (χ4n) is 2.58. The van der Waals surface area contributed by atoms with Gasteiger partial charge in [0.15, 0.2) is 11.0 Å². The zero-order valence-corrected chi connectivity index (χ0v) is 15.3. The van der Waals surface area contributed by atoms with Crippen molar-refractivity contribution in [2.24, 2.45) is 0 Å². The van der Waals surface area contributed by atoms with Gasteiger partial charge in [0.2, 0.25) is 5.91 Å². The van der Waals surface area contributed by atoms with E-state index in [9.17, 15) is 4.79 Å². The summed E-state index contributed by atoms with van der Waals surface area (Å²) in [6.45, 7) is 2.26. The van der Waals surface area contributed by atoms with Crippen molar-refractivity contribution in [3.63, 3.8) is 0 Å². The molecule has 1 fully saturated rings. The number of rotatable bonds is 7. The van der Waals surface area contributed by atoms with Crippen molar-refractivity contribution in [2.75, 3.05) is 0 Å². The third kappa shape index (κ3) is 3.83. The SMILES string of the molecule is C[C@@H](Sc1nc(C2CC2)nn1-c1ccccc1)C(=O)NCc1ccco1. The summed E-state index contributed by atoms with van der Waals surface area (Å²) in [5.41, 5.74) is 0.956. The summed E-state index contributed by atoms with van der Waals surface area (Å²) < 4.78 is 7.09. The number of nitrogens with one attached hydrogen (secondary N) is 1. The van der Waals surface area contributed by atoms with E-state index in [0.717, 1.165) is 35.3 Å². The van der Waals surface area contributed by atoms with E-state index in [1.54, 1.807) is 12.3 Å². The second-order valence-corrected chi connectivity index (χ2v) is 7.64. The molecule has 2 heterocycles. The van der Waals surface area contributed by atoms with Crippen molar-refractivity contribution in [3.8, 4) is 5.69 Å². The zero-order chi connectivity index (χ0) is 17.9. The van der Waals surface area contributed by atoms with Gasteiger partial charge in [-0.05, 0) is 44.0 Å². The molecule has 1 aliphatic rings. The van der Waals surface area contributed by atoms with Crippen LogP contribution in [0.15, 0.2) is 58.3 Å². The third-order valence-corrected chi connectivity index (χ3v) is 5.25. The van der Waals surface area contributed by atoms with Gasteiger partial charge in [-0.3, -0.25) is 4.79 Å². The number of carbonyl (C=O) groups excluding carboxylic acids is 1. The molecule has 7 heteroatoms. The van der Waals surface area contributed by atoms with Gasteiger partial charge in [-0.15, -0.1) is 5.10 Å². The first kappa shape index (κ1) is 16.9. The van der Waals surface area contributed by atoms with Crippen molar-refractivity contribution in [2.45, 2.75) is 42.6 Å². The highest BCUT2D eigenvalue weighted by Gasteiger charge is 2.30. The Balaban J connectivity index is 1.48. The normalized spacial score (nSPS) is 15.0. The van der Waals surface area contributed by atoms with Crippen LogP contribution in [-0.2, 0) is 11.3 Å². The molecule has 1 atom stereocenters. The van der Waals surface area contributed by atoms with E-state index in [1.807, 2.05) is 48.0 Å². The van der Waals surface area contributed by atoms with Gasteiger partial charge in [0.1, 0.15) is 5.76 Å². The quantitative estimate of drug-likeness (QED) is 0.646. The summed E-state index contributed by atoms with van der Waals surface area (Å²) in [5, 5.41) is 8.04. The van der Waals surface area contributed by atoms with E-state index >= 15 is 0 Å². The number of hydrogen-bond donors (Lipinski definition) is 1. The molecule has 0 aliphatic heterocycles. The Bertz CT molecular complexity index is 872. The Morgan fingerprint density at radius 3 is 2.81 bits per heavy atom. The molecule has 1 saturated carbocycles. The molecule has 1 amide bonds. The van der Waals surface area contributed by atoms with E-state index in [0.29, 0.717) is 12.5 Å². The number of furan rings is 1. The standard InChI is InChI=1S/C19H20N4O2S/c1-13(18(24)20-12-16-8-5-11-25-16)26-19-21-17(14-9-10-14)22-23(19)15-6-3-2-4-7-15/h2-8,11,13-14H,9-10,12H2,1H3,(H,20,24)/t13-/m1/s1. The number of para-hydroxylation sites is 1. The molecule has 0 spiro atoms. The summed E-state index contributed by atoms with van der Waals surface area (Å²) in [5.74, 6) is 2.02. The van der Waals surface area contributed by atoms with Crippen LogP contribution in [0.25, 0.3) is 5.69 Å². The predicted molar refractivity (Wildman–Crippen MR) is 99.2 cm³/mol. The maximum atomic E-state index is 12.4. The molecule has 1 aromatic carbocycles. The summed E-state index contributed by atoms with van der Waals surface area (Å²) in [6.07, 6.45) is 3.88. The lowest BCUT2D eigenvalue weighted by molar-refractivity contribution is -0.120. The first-order chi connectivity index (χ1) is 12.7. The molecular weight excluding hydrogens is 348 g/mol. The summed E-state index contributed by atoms with van der Waals surface area (Å²) in [7, 11) is 0. The number of amides is 1. The zero-order valence-electron chi connectivity index (χ0n) is 14.5. The number of nitrogens with zero attached hydrogens (tertiary/aromatic N) is 3. The maximum absolute atomic E-state index is 12.4. The Kier molecular flexibility index (Phi) is 4.79. The van der Waals surface area contributed by atoms with E-state index in [2.05, 4.69) is 10.4 Å². The largest absolute Gasteiger partial charge is 0.467 e. The second-order valence-electron chi connectivity index (χ2n) is 6.33. The van der Waals surface area contributed by atoms with E-state index in [-0.39, 0.29) is 11.2 Å². The topological polar surface area (TPSA) is 73.0 Å². The van der Waals surface area contributed by atoms with Crippen LogP contribution in [0, 0.1) is 0 Å². The van der Waals surface area contributed by atoms with Crippen molar-refractivity contribution in [1.29, 1.82) is 0 Å². The summed E-state index contributed by atoms with van der Waals surface area (Å²) >= 11 is 1.42. The first-order valence-corrected chi connectivity index (χ1v) is 9.58. The van der Waals surface area contributed by atoms with Gasteiger partial charge in [-0.2, -0.15) is 0 Å². The van der Waals surface area contributed by atoms with Crippen LogP contribution >= 0.6 is 11.8 Å². The van der Waals surface area contributed by atoms with E-state index in [4.69, 9.17) is 9.40 Å². The van der Waals surface area contributed by atoms with Gasteiger partial charge in [0.25, 0.3) is 0 Å². The average Bonchev–Trinajstić information content (AvgIpc) is 3.22. The molecule has 0 saturated heterocycles. The number of carbonyl (C=O) groups is 1. The lowest BCUT2D eigenvalue weighted by Crippen LogP contribution is -2.30. The van der Waals surface area contributed by atoms with E-state index in [1.165, 1.54) is 11.8 Å². The van der Waals surface area contributed by atoms with Crippen molar-refractivity contribution in [1.82, 2.24) is 20.1 Å². The lowest BCUT2D eigenvalue weighted by Gasteiger charge is -2.11. The smallest absolute Gasteiger partial charge is 0.233 e. The van der Waals surface area contributed by atoms with Crippen LogP contribution in [0.4, 0.5) is 0 Å². The minimum absolute atomic E-state index is 0.0537. The van der Waals surface area contributed by atoms with E-state index < -0.39 is 0 Å². The molecule has 1 aliphatic carbocycles. The van der Waals surface area contributed by atoms with Crippen LogP contribution in [0.2, 0.25) is 0 Å². The first-order valence-electron chi connectivity index (χ1n) is 8.70. The fraction of sp³-hybridized carbons (Fsp3) is 0.316. The van der Waals surface area contributed by atoms with Crippen molar-refractivity contribution >= 4 is 17.7 Å². The molecule has 0 radical (unpaired) electrons. The van der Waals surface area contributed by atoms with Gasteiger partial charge in [-0.25, -0.2) is 9.67 Å². The Morgan fingerprint density at radius 2 is 2.12 bits per heavy atom. The molecule has 4 rings (SSSR count). The molecule has 1 N–H and O–H groups in total. The van der Waals surface area contributed by atoms with Crippen molar-refractivity contribution in [3.05, 3.63) is 60.3 Å². The molecule has 0 unspecified atom stereocenters. The number of hydrogen-bond acceptors (Lipinski definition) is 5. The Hall–Kier alpha value is -2.54. The summed E-state index contributed by atoms with van der Waals surface area (Å²) in [6, 6.07) is 13.6. The third-order valence-electron chi connectivity index (χ3n) is 4.21.